The molecular weight excluding hydrogens is 318 g/mol. The summed E-state index contributed by atoms with van der Waals surface area (Å²) in [5.41, 5.74) is 2.22. The molecule has 1 heterocycles. The number of nitrogens with zero attached hydrogens (tertiary/aromatic N) is 1. The lowest BCUT2D eigenvalue weighted by Crippen LogP contribution is -2.01. The molecule has 0 fully saturated rings. The molecular formula is C13H9BrClNO2. The van der Waals surface area contributed by atoms with Crippen LogP contribution in [0.15, 0.2) is 34.9 Å². The third kappa shape index (κ3) is 2.40. The van der Waals surface area contributed by atoms with E-state index in [2.05, 4.69) is 20.9 Å². The van der Waals surface area contributed by atoms with Gasteiger partial charge in [-0.05, 0) is 24.6 Å². The fraction of sp³-hybridized carbons (Fsp3) is 0.0769. The van der Waals surface area contributed by atoms with E-state index in [9.17, 15) is 4.79 Å². The van der Waals surface area contributed by atoms with Crippen molar-refractivity contribution in [3.05, 3.63) is 51.2 Å². The normalized spacial score (nSPS) is 10.4. The second-order valence-electron chi connectivity index (χ2n) is 3.76. The number of rotatable bonds is 2. The van der Waals surface area contributed by atoms with Gasteiger partial charge in [0.15, 0.2) is 0 Å². The van der Waals surface area contributed by atoms with Crippen molar-refractivity contribution in [1.82, 2.24) is 4.98 Å². The molecule has 2 rings (SSSR count). The zero-order chi connectivity index (χ0) is 13.3. The van der Waals surface area contributed by atoms with Crippen LogP contribution in [0.2, 0.25) is 5.02 Å². The number of carbonyl (C=O) groups is 1. The van der Waals surface area contributed by atoms with Crippen LogP contribution in [0.4, 0.5) is 0 Å². The summed E-state index contributed by atoms with van der Waals surface area (Å²) in [4.78, 5) is 15.1. The number of hydrogen-bond donors (Lipinski definition) is 1. The molecule has 1 aromatic carbocycles. The van der Waals surface area contributed by atoms with Crippen molar-refractivity contribution in [2.75, 3.05) is 0 Å². The number of carboxylic acids is 1. The van der Waals surface area contributed by atoms with E-state index in [1.165, 1.54) is 6.20 Å². The van der Waals surface area contributed by atoms with Crippen LogP contribution >= 0.6 is 27.5 Å². The number of pyridine rings is 1. The maximum Gasteiger partial charge on any atom is 0.338 e. The Hall–Kier alpha value is -1.39. The van der Waals surface area contributed by atoms with Gasteiger partial charge < -0.3 is 5.11 Å². The number of carboxylic acid groups (broad SMARTS) is 1. The molecule has 0 bridgehead atoms. The first-order chi connectivity index (χ1) is 8.50. The second-order valence-corrected chi connectivity index (χ2v) is 5.05. The Kier molecular flexibility index (Phi) is 3.68. The van der Waals surface area contributed by atoms with E-state index >= 15 is 0 Å². The lowest BCUT2D eigenvalue weighted by molar-refractivity contribution is 0.0696. The van der Waals surface area contributed by atoms with Crippen LogP contribution in [-0.4, -0.2) is 16.1 Å². The molecule has 0 aliphatic carbocycles. The van der Waals surface area contributed by atoms with Crippen molar-refractivity contribution in [3.8, 4) is 11.1 Å². The molecule has 0 saturated carbocycles. The van der Waals surface area contributed by atoms with E-state index in [1.807, 2.05) is 24.3 Å². The minimum atomic E-state index is -1.08. The smallest absolute Gasteiger partial charge is 0.338 e. The lowest BCUT2D eigenvalue weighted by Gasteiger charge is -2.10. The van der Waals surface area contributed by atoms with Gasteiger partial charge in [0.2, 0.25) is 0 Å². The number of aromatic nitrogens is 1. The number of halogens is 2. The highest BCUT2D eigenvalue weighted by atomic mass is 79.9. The van der Waals surface area contributed by atoms with Gasteiger partial charge in [-0.3, -0.25) is 4.98 Å². The van der Waals surface area contributed by atoms with E-state index < -0.39 is 5.97 Å². The minimum Gasteiger partial charge on any atom is -0.478 e. The summed E-state index contributed by atoms with van der Waals surface area (Å²) in [5, 5.41) is 9.26. The van der Waals surface area contributed by atoms with Crippen LogP contribution in [0.25, 0.3) is 11.1 Å². The van der Waals surface area contributed by atoms with Crippen LogP contribution in [0.3, 0.4) is 0 Å². The van der Waals surface area contributed by atoms with Gasteiger partial charge in [-0.1, -0.05) is 39.7 Å². The van der Waals surface area contributed by atoms with E-state index in [0.29, 0.717) is 11.3 Å². The molecule has 5 heteroatoms. The average molecular weight is 327 g/mol. The molecule has 18 heavy (non-hydrogen) atoms. The highest BCUT2D eigenvalue weighted by Crippen LogP contribution is 2.33. The van der Waals surface area contributed by atoms with Gasteiger partial charge in [0.1, 0.15) is 0 Å². The summed E-state index contributed by atoms with van der Waals surface area (Å²) < 4.78 is 0.947. The van der Waals surface area contributed by atoms with Crippen LogP contribution in [0.1, 0.15) is 16.1 Å². The second kappa shape index (κ2) is 5.08. The summed E-state index contributed by atoms with van der Waals surface area (Å²) in [6.45, 7) is 1.80. The summed E-state index contributed by atoms with van der Waals surface area (Å²) in [7, 11) is 0. The Balaban J connectivity index is 2.66. The van der Waals surface area contributed by atoms with Gasteiger partial charge in [-0.2, -0.15) is 0 Å². The molecule has 1 N–H and O–H groups in total. The maximum atomic E-state index is 11.0. The Bertz CT molecular complexity index is 611. The van der Waals surface area contributed by atoms with Crippen LogP contribution in [0.5, 0.6) is 0 Å². The number of aryl methyl sites for hydroxylation is 1. The Morgan fingerprint density at radius 1 is 1.33 bits per heavy atom. The first-order valence-electron chi connectivity index (χ1n) is 5.15. The molecule has 0 spiro atoms. The highest BCUT2D eigenvalue weighted by molar-refractivity contribution is 9.10. The molecule has 3 nitrogen and oxygen atoms in total. The van der Waals surface area contributed by atoms with Crippen molar-refractivity contribution in [3.63, 3.8) is 0 Å². The highest BCUT2D eigenvalue weighted by Gasteiger charge is 2.16. The van der Waals surface area contributed by atoms with Crippen molar-refractivity contribution in [2.45, 2.75) is 6.92 Å². The summed E-state index contributed by atoms with van der Waals surface area (Å²) in [6, 6.07) is 7.48. The average Bonchev–Trinajstić information content (AvgIpc) is 2.31. The number of hydrogen-bond acceptors (Lipinski definition) is 2. The fourth-order valence-corrected chi connectivity index (χ4v) is 2.32. The predicted molar refractivity (Wildman–Crippen MR) is 74.1 cm³/mol. The topological polar surface area (TPSA) is 50.2 Å². The summed E-state index contributed by atoms with van der Waals surface area (Å²) in [5.74, 6) is -1.08. The van der Waals surface area contributed by atoms with Crippen LogP contribution in [0, 0.1) is 6.92 Å². The zero-order valence-corrected chi connectivity index (χ0v) is 11.8. The monoisotopic (exact) mass is 325 g/mol. The number of benzene rings is 1. The molecule has 92 valence electrons. The maximum absolute atomic E-state index is 11.0. The first kappa shape index (κ1) is 13.1. The van der Waals surface area contributed by atoms with Gasteiger partial charge in [-0.25, -0.2) is 4.79 Å². The van der Waals surface area contributed by atoms with E-state index in [-0.39, 0.29) is 10.6 Å². The van der Waals surface area contributed by atoms with Gasteiger partial charge in [-0.15, -0.1) is 0 Å². The van der Waals surface area contributed by atoms with Crippen LogP contribution in [-0.2, 0) is 0 Å². The number of aromatic carboxylic acids is 1. The molecule has 0 saturated heterocycles. The molecule has 0 amide bonds. The SMILES string of the molecule is Cc1ncc(C(=O)O)c(Cl)c1-c1ccc(Br)cc1. The van der Waals surface area contributed by atoms with Crippen molar-refractivity contribution >= 4 is 33.5 Å². The first-order valence-corrected chi connectivity index (χ1v) is 6.32. The molecule has 0 unspecified atom stereocenters. The Morgan fingerprint density at radius 3 is 2.50 bits per heavy atom. The quantitative estimate of drug-likeness (QED) is 0.901. The van der Waals surface area contributed by atoms with Crippen LogP contribution < -0.4 is 0 Å². The van der Waals surface area contributed by atoms with Gasteiger partial charge in [0.05, 0.1) is 10.6 Å². The van der Waals surface area contributed by atoms with Crippen molar-refractivity contribution < 1.29 is 9.90 Å². The molecule has 0 aliphatic rings. The fourth-order valence-electron chi connectivity index (χ4n) is 1.68. The van der Waals surface area contributed by atoms with Crippen molar-refractivity contribution in [1.29, 1.82) is 0 Å². The molecule has 0 atom stereocenters. The van der Waals surface area contributed by atoms with E-state index in [1.54, 1.807) is 6.92 Å². The largest absolute Gasteiger partial charge is 0.478 e. The summed E-state index contributed by atoms with van der Waals surface area (Å²) in [6.07, 6.45) is 1.28. The third-order valence-electron chi connectivity index (χ3n) is 2.57. The molecule has 0 radical (unpaired) electrons. The van der Waals surface area contributed by atoms with Gasteiger partial charge >= 0.3 is 5.97 Å². The summed E-state index contributed by atoms with van der Waals surface area (Å²) >= 11 is 9.50. The molecule has 0 aliphatic heterocycles. The Morgan fingerprint density at radius 2 is 1.94 bits per heavy atom. The van der Waals surface area contributed by atoms with E-state index in [0.717, 1.165) is 10.0 Å². The predicted octanol–water partition coefficient (Wildman–Crippen LogP) is 4.17. The minimum absolute atomic E-state index is 0.0141. The Labute approximate surface area is 118 Å². The van der Waals surface area contributed by atoms with Crippen molar-refractivity contribution in [2.24, 2.45) is 0 Å². The van der Waals surface area contributed by atoms with E-state index in [4.69, 9.17) is 16.7 Å². The van der Waals surface area contributed by atoms with Gasteiger partial charge in [0, 0.05) is 21.9 Å². The standard InChI is InChI=1S/C13H9BrClNO2/c1-7-11(8-2-4-9(14)5-3-8)12(15)10(6-16-7)13(17)18/h2-6H,1H3,(H,17,18). The van der Waals surface area contributed by atoms with Gasteiger partial charge in [0.25, 0.3) is 0 Å². The molecule has 2 aromatic rings. The zero-order valence-electron chi connectivity index (χ0n) is 9.45. The molecule has 1 aromatic heterocycles. The lowest BCUT2D eigenvalue weighted by atomic mass is 10.0. The third-order valence-corrected chi connectivity index (χ3v) is 3.49.